The molecule has 2 heterocycles. The Bertz CT molecular complexity index is 1290. The zero-order chi connectivity index (χ0) is 23.5. The third kappa shape index (κ3) is 3.60. The van der Waals surface area contributed by atoms with Crippen molar-refractivity contribution < 1.29 is 0 Å². The smallest absolute Gasteiger partial charge is 0.0995 e. The summed E-state index contributed by atoms with van der Waals surface area (Å²) in [4.78, 5) is 0. The second kappa shape index (κ2) is 9.55. The van der Waals surface area contributed by atoms with E-state index in [0.29, 0.717) is 0 Å². The second-order valence-electron chi connectivity index (χ2n) is 8.29. The minimum Gasteiger partial charge on any atom is -0.0995 e. The molecule has 0 saturated carbocycles. The predicted molar refractivity (Wildman–Crippen MR) is 151 cm³/mol. The first-order valence-corrected chi connectivity index (χ1v) is 11.8. The highest BCUT2D eigenvalue weighted by atomic mass is 14.2. The molecule has 0 atom stereocenters. The normalized spacial score (nSPS) is 13.9. The van der Waals surface area contributed by atoms with Gasteiger partial charge in [0.2, 0.25) is 13.4 Å². The van der Waals surface area contributed by atoms with Crippen molar-refractivity contribution in [3.05, 3.63) is 133 Å². The molecule has 0 amide bonds. The van der Waals surface area contributed by atoms with Gasteiger partial charge in [-0.3, -0.25) is 0 Å². The molecule has 0 unspecified atom stereocenters. The van der Waals surface area contributed by atoms with Crippen LogP contribution in [-0.4, -0.2) is 13.4 Å². The lowest BCUT2D eigenvalue weighted by Crippen LogP contribution is -2.45. The molecule has 5 rings (SSSR count). The summed E-state index contributed by atoms with van der Waals surface area (Å²) in [6.45, 7) is 19.0. The zero-order valence-corrected chi connectivity index (χ0v) is 19.9. The Morgan fingerprint density at radius 3 is 1.55 bits per heavy atom. The highest BCUT2D eigenvalue weighted by Crippen LogP contribution is 2.29. The SMILES string of the molecule is C=CC1=C(C=C)c2ccccc2B1c1ccc(B2C(C)=C(C=C)c3ccccc32)cc1.CC. The van der Waals surface area contributed by atoms with E-state index in [1.54, 1.807) is 0 Å². The van der Waals surface area contributed by atoms with Crippen LogP contribution in [0.4, 0.5) is 0 Å². The molecule has 0 spiro atoms. The van der Waals surface area contributed by atoms with Gasteiger partial charge in [-0.1, -0.05) is 164 Å². The fraction of sp³-hybridized carbons (Fsp3) is 0.0968. The average Bonchev–Trinajstić information content (AvgIpc) is 3.35. The minimum absolute atomic E-state index is 0.201. The fourth-order valence-corrected chi connectivity index (χ4v) is 5.46. The van der Waals surface area contributed by atoms with Gasteiger partial charge < -0.3 is 0 Å². The van der Waals surface area contributed by atoms with Crippen LogP contribution in [0.25, 0.3) is 11.1 Å². The molecule has 2 aliphatic rings. The molecule has 160 valence electrons. The van der Waals surface area contributed by atoms with Crippen LogP contribution in [0.3, 0.4) is 0 Å². The molecular weight excluding hydrogens is 394 g/mol. The van der Waals surface area contributed by atoms with Crippen LogP contribution in [0.1, 0.15) is 31.9 Å². The van der Waals surface area contributed by atoms with Crippen molar-refractivity contribution in [2.45, 2.75) is 20.8 Å². The van der Waals surface area contributed by atoms with E-state index in [9.17, 15) is 0 Å². The molecule has 0 fully saturated rings. The topological polar surface area (TPSA) is 0 Å². The summed E-state index contributed by atoms with van der Waals surface area (Å²) < 4.78 is 0. The van der Waals surface area contributed by atoms with E-state index in [0.717, 1.165) is 0 Å². The maximum atomic E-state index is 4.11. The van der Waals surface area contributed by atoms with Crippen LogP contribution in [0, 0.1) is 0 Å². The summed E-state index contributed by atoms with van der Waals surface area (Å²) in [5.74, 6) is 0. The van der Waals surface area contributed by atoms with Crippen LogP contribution < -0.4 is 21.9 Å². The Hall–Kier alpha value is -3.51. The number of hydrogen-bond donors (Lipinski definition) is 0. The van der Waals surface area contributed by atoms with Crippen LogP contribution in [-0.2, 0) is 0 Å². The van der Waals surface area contributed by atoms with Crippen LogP contribution in [0.15, 0.2) is 122 Å². The van der Waals surface area contributed by atoms with Crippen molar-refractivity contribution in [1.82, 2.24) is 0 Å². The number of hydrogen-bond acceptors (Lipinski definition) is 0. The van der Waals surface area contributed by atoms with E-state index >= 15 is 0 Å². The monoisotopic (exact) mass is 424 g/mol. The Labute approximate surface area is 199 Å². The van der Waals surface area contributed by atoms with Gasteiger partial charge in [-0.25, -0.2) is 0 Å². The lowest BCUT2D eigenvalue weighted by molar-refractivity contribution is 1.50. The molecule has 0 N–H and O–H groups in total. The fourth-order valence-electron chi connectivity index (χ4n) is 5.46. The van der Waals surface area contributed by atoms with Crippen molar-refractivity contribution in [1.29, 1.82) is 0 Å². The van der Waals surface area contributed by atoms with Gasteiger partial charge in [-0.2, -0.15) is 0 Å². The van der Waals surface area contributed by atoms with Gasteiger partial charge in [0, 0.05) is 0 Å². The maximum absolute atomic E-state index is 4.11. The highest BCUT2D eigenvalue weighted by molar-refractivity contribution is 6.95. The summed E-state index contributed by atoms with van der Waals surface area (Å²) in [6.07, 6.45) is 5.95. The molecule has 0 nitrogen and oxygen atoms in total. The summed E-state index contributed by atoms with van der Waals surface area (Å²) >= 11 is 0. The van der Waals surface area contributed by atoms with Gasteiger partial charge in [0.05, 0.1) is 0 Å². The van der Waals surface area contributed by atoms with Gasteiger partial charge >= 0.3 is 0 Å². The Balaban J connectivity index is 0.00000126. The Morgan fingerprint density at radius 2 is 1.03 bits per heavy atom. The number of fused-ring (bicyclic) bond motifs is 2. The first kappa shape index (κ1) is 22.7. The van der Waals surface area contributed by atoms with E-state index in [1.165, 1.54) is 55.1 Å². The van der Waals surface area contributed by atoms with E-state index < -0.39 is 0 Å². The van der Waals surface area contributed by atoms with Crippen LogP contribution in [0.2, 0.25) is 0 Å². The van der Waals surface area contributed by atoms with Crippen LogP contribution >= 0.6 is 0 Å². The average molecular weight is 424 g/mol. The van der Waals surface area contributed by atoms with Crippen molar-refractivity contribution in [3.8, 4) is 0 Å². The Kier molecular flexibility index (Phi) is 6.56. The first-order chi connectivity index (χ1) is 16.2. The molecule has 0 bridgehead atoms. The highest BCUT2D eigenvalue weighted by Gasteiger charge is 2.34. The maximum Gasteiger partial charge on any atom is 0.242 e. The minimum atomic E-state index is 0.201. The standard InChI is InChI=1S/C29H24B2.C2H6/c1-5-23-20(4)30(28-14-10-8-12-25(23)28)21-16-18-22(19-17-21)31-27(7-3)24(6-2)26-13-9-11-15-29(26)31;1-2/h5-19H,1-3H2,4H3;1-2H3. The number of rotatable bonds is 5. The predicted octanol–water partition coefficient (Wildman–Crippen LogP) is 5.12. The zero-order valence-electron chi connectivity index (χ0n) is 19.9. The van der Waals surface area contributed by atoms with E-state index in [4.69, 9.17) is 0 Å². The Morgan fingerprint density at radius 1 is 0.576 bits per heavy atom. The lowest BCUT2D eigenvalue weighted by Gasteiger charge is -2.15. The molecular formula is C31H30B2. The molecule has 0 aliphatic carbocycles. The summed E-state index contributed by atoms with van der Waals surface area (Å²) in [6, 6.07) is 26.5. The molecule has 0 aromatic heterocycles. The summed E-state index contributed by atoms with van der Waals surface area (Å²) in [5, 5.41) is 0. The van der Waals surface area contributed by atoms with Gasteiger partial charge in [0.25, 0.3) is 0 Å². The van der Waals surface area contributed by atoms with E-state index in [2.05, 4.69) is 99.5 Å². The van der Waals surface area contributed by atoms with Crippen molar-refractivity contribution in [3.63, 3.8) is 0 Å². The molecule has 0 saturated heterocycles. The quantitative estimate of drug-likeness (QED) is 0.499. The van der Waals surface area contributed by atoms with Gasteiger partial charge in [0.15, 0.2) is 0 Å². The second-order valence-corrected chi connectivity index (χ2v) is 8.29. The third-order valence-corrected chi connectivity index (χ3v) is 6.84. The molecule has 3 aromatic carbocycles. The molecule has 2 heteroatoms. The largest absolute Gasteiger partial charge is 0.242 e. The van der Waals surface area contributed by atoms with Crippen molar-refractivity contribution >= 4 is 46.4 Å². The molecule has 33 heavy (non-hydrogen) atoms. The van der Waals surface area contributed by atoms with Crippen LogP contribution in [0.5, 0.6) is 0 Å². The van der Waals surface area contributed by atoms with Gasteiger partial charge in [-0.05, 0) is 22.3 Å². The molecule has 2 aliphatic heterocycles. The van der Waals surface area contributed by atoms with E-state index in [1.807, 2.05) is 32.1 Å². The molecule has 3 aromatic rings. The third-order valence-electron chi connectivity index (χ3n) is 6.84. The van der Waals surface area contributed by atoms with E-state index in [-0.39, 0.29) is 13.4 Å². The number of allylic oxidation sites excluding steroid dienone is 7. The number of benzene rings is 3. The van der Waals surface area contributed by atoms with Gasteiger partial charge in [-0.15, -0.1) is 0 Å². The van der Waals surface area contributed by atoms with Crippen molar-refractivity contribution in [2.24, 2.45) is 0 Å². The van der Waals surface area contributed by atoms with Gasteiger partial charge in [0.1, 0.15) is 0 Å². The molecule has 0 radical (unpaired) electrons. The summed E-state index contributed by atoms with van der Waals surface area (Å²) in [5.41, 5.74) is 13.0. The first-order valence-electron chi connectivity index (χ1n) is 11.8. The summed E-state index contributed by atoms with van der Waals surface area (Å²) in [7, 11) is 0. The lowest BCUT2D eigenvalue weighted by atomic mass is 9.36. The van der Waals surface area contributed by atoms with Crippen molar-refractivity contribution in [2.75, 3.05) is 0 Å².